The maximum Gasteiger partial charge on any atom is 0.217 e. The molecule has 0 aliphatic carbocycles. The highest BCUT2D eigenvalue weighted by atomic mass is 32.1. The smallest absolute Gasteiger partial charge is 0.217 e. The highest BCUT2D eigenvalue weighted by Gasteiger charge is 2.43. The zero-order valence-corrected chi connectivity index (χ0v) is 9.09. The van der Waals surface area contributed by atoms with Gasteiger partial charge in [-0.05, 0) is 0 Å². The van der Waals surface area contributed by atoms with Crippen LogP contribution in [0.3, 0.4) is 0 Å². The predicted octanol–water partition coefficient (Wildman–Crippen LogP) is -2.14. The Morgan fingerprint density at radius 3 is 2.53 bits per heavy atom. The second-order valence-corrected chi connectivity index (χ2v) is 3.96. The zero-order valence-electron chi connectivity index (χ0n) is 8.20. The number of thiol groups is 1. The molecule has 0 saturated carbocycles. The monoisotopic (exact) mass is 237 g/mol. The van der Waals surface area contributed by atoms with E-state index in [1.165, 1.54) is 6.92 Å². The first-order valence-electron chi connectivity index (χ1n) is 4.55. The number of carbonyl (C=O) groups is 1. The van der Waals surface area contributed by atoms with Crippen molar-refractivity contribution in [1.82, 2.24) is 5.32 Å². The third-order valence-corrected chi connectivity index (χ3v) is 2.71. The molecule has 1 fully saturated rings. The van der Waals surface area contributed by atoms with Crippen LogP contribution >= 0.6 is 12.6 Å². The lowest BCUT2D eigenvalue weighted by molar-refractivity contribution is -0.173. The highest BCUT2D eigenvalue weighted by molar-refractivity contribution is 7.80. The predicted molar refractivity (Wildman–Crippen MR) is 54.4 cm³/mol. The number of aliphatic hydroxyl groups is 3. The van der Waals surface area contributed by atoms with Gasteiger partial charge in [0.2, 0.25) is 5.91 Å². The fourth-order valence-electron chi connectivity index (χ4n) is 1.49. The Morgan fingerprint density at radius 1 is 1.47 bits per heavy atom. The molecular weight excluding hydrogens is 222 g/mol. The number of hydrogen-bond donors (Lipinski definition) is 5. The molecule has 6 nitrogen and oxygen atoms in total. The van der Waals surface area contributed by atoms with Gasteiger partial charge in [-0.25, -0.2) is 0 Å². The summed E-state index contributed by atoms with van der Waals surface area (Å²) in [6.07, 6.45) is -3.33. The molecule has 0 aromatic heterocycles. The van der Waals surface area contributed by atoms with Gasteiger partial charge < -0.3 is 25.4 Å². The number of hydrogen-bond acceptors (Lipinski definition) is 6. The van der Waals surface area contributed by atoms with Crippen LogP contribution in [-0.4, -0.2) is 57.6 Å². The summed E-state index contributed by atoms with van der Waals surface area (Å²) in [7, 11) is 0. The molecule has 1 aliphatic heterocycles. The van der Waals surface area contributed by atoms with Gasteiger partial charge in [-0.15, -0.1) is 12.6 Å². The van der Waals surface area contributed by atoms with Gasteiger partial charge in [0.1, 0.15) is 23.7 Å². The summed E-state index contributed by atoms with van der Waals surface area (Å²) in [6.45, 7) is 0.875. The second-order valence-electron chi connectivity index (χ2n) is 3.46. The maximum absolute atomic E-state index is 10.8. The van der Waals surface area contributed by atoms with Crippen molar-refractivity contribution in [2.75, 3.05) is 6.61 Å². The van der Waals surface area contributed by atoms with Gasteiger partial charge in [0.05, 0.1) is 12.6 Å². The van der Waals surface area contributed by atoms with Gasteiger partial charge in [0, 0.05) is 6.92 Å². The molecule has 88 valence electrons. The van der Waals surface area contributed by atoms with Crippen molar-refractivity contribution in [2.45, 2.75) is 36.7 Å². The molecule has 1 amide bonds. The van der Waals surface area contributed by atoms with E-state index in [1.807, 2.05) is 0 Å². The van der Waals surface area contributed by atoms with Crippen LogP contribution in [-0.2, 0) is 9.53 Å². The largest absolute Gasteiger partial charge is 0.394 e. The van der Waals surface area contributed by atoms with E-state index >= 15 is 0 Å². The van der Waals surface area contributed by atoms with E-state index in [1.54, 1.807) is 0 Å². The normalized spacial score (nSPS) is 41.3. The number of rotatable bonds is 2. The van der Waals surface area contributed by atoms with Gasteiger partial charge >= 0.3 is 0 Å². The zero-order chi connectivity index (χ0) is 11.6. The molecule has 1 saturated heterocycles. The van der Waals surface area contributed by atoms with Crippen LogP contribution in [0.5, 0.6) is 0 Å². The first kappa shape index (κ1) is 12.7. The van der Waals surface area contributed by atoms with Crippen molar-refractivity contribution in [3.63, 3.8) is 0 Å². The van der Waals surface area contributed by atoms with Crippen LogP contribution in [0.15, 0.2) is 0 Å². The standard InChI is InChI=1S/C8H15NO5S/c1-3(11)9-5-7(13)6(12)4(2-10)14-8(5)15/h4-8,10,12-13,15H,2H2,1H3,(H,9,11)/t4?,5?,6-,7?,8+/m1/s1. The van der Waals surface area contributed by atoms with Gasteiger partial charge in [-0.1, -0.05) is 0 Å². The first-order chi connectivity index (χ1) is 6.97. The molecule has 15 heavy (non-hydrogen) atoms. The van der Waals surface area contributed by atoms with Crippen LogP contribution in [0.25, 0.3) is 0 Å². The number of amides is 1. The van der Waals surface area contributed by atoms with E-state index in [2.05, 4.69) is 17.9 Å². The van der Waals surface area contributed by atoms with Crippen molar-refractivity contribution in [1.29, 1.82) is 0 Å². The number of nitrogens with one attached hydrogen (secondary N) is 1. The summed E-state index contributed by atoms with van der Waals surface area (Å²) in [6, 6.07) is -0.788. The number of carbonyl (C=O) groups excluding carboxylic acids is 1. The summed E-state index contributed by atoms with van der Waals surface area (Å²) >= 11 is 4.02. The average molecular weight is 237 g/mol. The van der Waals surface area contributed by atoms with E-state index in [-0.39, 0.29) is 5.91 Å². The lowest BCUT2D eigenvalue weighted by Crippen LogP contribution is -2.62. The second kappa shape index (κ2) is 5.13. The third-order valence-electron chi connectivity index (χ3n) is 2.27. The lowest BCUT2D eigenvalue weighted by atomic mass is 9.98. The molecular formula is C8H15NO5S. The maximum atomic E-state index is 10.8. The van der Waals surface area contributed by atoms with E-state index in [9.17, 15) is 15.0 Å². The molecule has 1 heterocycles. The Kier molecular flexibility index (Phi) is 4.35. The van der Waals surface area contributed by atoms with Crippen molar-refractivity contribution >= 4 is 18.5 Å². The Bertz CT molecular complexity index is 239. The van der Waals surface area contributed by atoms with Crippen LogP contribution in [0.1, 0.15) is 6.92 Å². The molecule has 0 spiro atoms. The molecule has 1 aliphatic rings. The number of aliphatic hydroxyl groups excluding tert-OH is 3. The van der Waals surface area contributed by atoms with Gasteiger partial charge in [0.25, 0.3) is 0 Å². The van der Waals surface area contributed by atoms with Gasteiger partial charge in [0.15, 0.2) is 0 Å². The van der Waals surface area contributed by atoms with E-state index in [0.29, 0.717) is 0 Å². The molecule has 1 rings (SSSR count). The van der Waals surface area contributed by atoms with Crippen LogP contribution in [0.4, 0.5) is 0 Å². The Morgan fingerprint density at radius 2 is 2.07 bits per heavy atom. The topological polar surface area (TPSA) is 99.0 Å². The molecule has 0 bridgehead atoms. The van der Waals surface area contributed by atoms with Crippen LogP contribution in [0.2, 0.25) is 0 Å². The van der Waals surface area contributed by atoms with Crippen molar-refractivity contribution in [3.05, 3.63) is 0 Å². The van der Waals surface area contributed by atoms with Gasteiger partial charge in [-0.3, -0.25) is 4.79 Å². The minimum atomic E-state index is -1.24. The minimum absolute atomic E-state index is 0.351. The summed E-state index contributed by atoms with van der Waals surface area (Å²) in [4.78, 5) is 10.8. The lowest BCUT2D eigenvalue weighted by Gasteiger charge is -2.40. The highest BCUT2D eigenvalue weighted by Crippen LogP contribution is 2.22. The van der Waals surface area contributed by atoms with E-state index in [4.69, 9.17) is 9.84 Å². The summed E-state index contributed by atoms with van der Waals surface area (Å²) in [5.74, 6) is -0.351. The number of ether oxygens (including phenoxy) is 1. The Labute approximate surface area is 92.7 Å². The SMILES string of the molecule is CC(=O)NC1C(O)[C@H](O)C(CO)O[C@H]1S. The summed E-state index contributed by atoms with van der Waals surface area (Å²) < 4.78 is 5.12. The molecule has 3 unspecified atom stereocenters. The van der Waals surface area contributed by atoms with Crippen molar-refractivity contribution < 1.29 is 24.9 Å². The quantitative estimate of drug-likeness (QED) is 0.353. The fraction of sp³-hybridized carbons (Fsp3) is 0.875. The Balaban J connectivity index is 2.70. The molecule has 0 radical (unpaired) electrons. The Hall–Kier alpha value is -0.340. The molecule has 0 aromatic rings. The molecule has 5 atom stereocenters. The summed E-state index contributed by atoms with van der Waals surface area (Å²) in [5, 5.41) is 30.4. The van der Waals surface area contributed by atoms with Crippen LogP contribution < -0.4 is 5.32 Å². The minimum Gasteiger partial charge on any atom is -0.394 e. The van der Waals surface area contributed by atoms with E-state index in [0.717, 1.165) is 0 Å². The molecule has 7 heteroatoms. The van der Waals surface area contributed by atoms with Crippen molar-refractivity contribution in [3.8, 4) is 0 Å². The average Bonchev–Trinajstić information content (AvgIpc) is 2.18. The molecule has 0 aromatic carbocycles. The molecule has 4 N–H and O–H groups in total. The first-order valence-corrected chi connectivity index (χ1v) is 5.06. The van der Waals surface area contributed by atoms with Crippen molar-refractivity contribution in [2.24, 2.45) is 0 Å². The fourth-order valence-corrected chi connectivity index (χ4v) is 1.89. The third kappa shape index (κ3) is 2.82. The van der Waals surface area contributed by atoms with E-state index < -0.39 is 36.4 Å². The van der Waals surface area contributed by atoms with Crippen LogP contribution in [0, 0.1) is 0 Å². The summed E-state index contributed by atoms with van der Waals surface area (Å²) in [5.41, 5.74) is -0.760. The van der Waals surface area contributed by atoms with Gasteiger partial charge in [-0.2, -0.15) is 0 Å².